The number of anilines is 1. The van der Waals surface area contributed by atoms with Crippen LogP contribution < -0.4 is 14.8 Å². The highest BCUT2D eigenvalue weighted by atomic mass is 79.9. The molecule has 1 amide bonds. The summed E-state index contributed by atoms with van der Waals surface area (Å²) in [5.74, 6) is 0.330. The number of ether oxygens (including phenoxy) is 2. The summed E-state index contributed by atoms with van der Waals surface area (Å²) >= 11 is 6.83. The first-order chi connectivity index (χ1) is 14.5. The molecule has 30 heavy (non-hydrogen) atoms. The van der Waals surface area contributed by atoms with Crippen molar-refractivity contribution in [2.45, 2.75) is 6.61 Å². The Morgan fingerprint density at radius 3 is 2.63 bits per heavy atom. The van der Waals surface area contributed by atoms with E-state index in [0.29, 0.717) is 27.2 Å². The lowest BCUT2D eigenvalue weighted by Gasteiger charge is -2.14. The molecule has 0 aliphatic rings. The van der Waals surface area contributed by atoms with E-state index in [1.165, 1.54) is 19.3 Å². The van der Waals surface area contributed by atoms with E-state index in [1.807, 2.05) is 18.2 Å². The minimum Gasteiger partial charge on any atom is -0.493 e. The van der Waals surface area contributed by atoms with Gasteiger partial charge in [-0.25, -0.2) is 4.39 Å². The van der Waals surface area contributed by atoms with E-state index in [9.17, 15) is 9.18 Å². The molecule has 154 valence electrons. The fraction of sp³-hybridized carbons (Fsp3) is 0.0870. The van der Waals surface area contributed by atoms with Crippen molar-refractivity contribution in [2.75, 3.05) is 12.4 Å². The number of carbonyl (C=O) groups is 1. The molecule has 7 heteroatoms. The maximum atomic E-state index is 13.8. The van der Waals surface area contributed by atoms with Crippen molar-refractivity contribution >= 4 is 49.5 Å². The van der Waals surface area contributed by atoms with Gasteiger partial charge < -0.3 is 14.8 Å². The zero-order valence-electron chi connectivity index (χ0n) is 16.0. The Labute approximate surface area is 191 Å². The van der Waals surface area contributed by atoms with Crippen LogP contribution >= 0.6 is 31.9 Å². The predicted molar refractivity (Wildman–Crippen MR) is 123 cm³/mol. The van der Waals surface area contributed by atoms with E-state index in [1.54, 1.807) is 42.5 Å². The van der Waals surface area contributed by atoms with Gasteiger partial charge in [-0.1, -0.05) is 40.2 Å². The van der Waals surface area contributed by atoms with Gasteiger partial charge in [0.05, 0.1) is 11.6 Å². The molecule has 0 unspecified atom stereocenters. The number of halogens is 3. The zero-order valence-corrected chi connectivity index (χ0v) is 19.2. The molecule has 3 aromatic carbocycles. The molecule has 0 heterocycles. The van der Waals surface area contributed by atoms with Crippen LogP contribution in [0.5, 0.6) is 11.5 Å². The van der Waals surface area contributed by atoms with Crippen LogP contribution in [0.2, 0.25) is 0 Å². The lowest BCUT2D eigenvalue weighted by Crippen LogP contribution is -2.07. The smallest absolute Gasteiger partial charge is 0.248 e. The second-order valence-electron chi connectivity index (χ2n) is 6.25. The monoisotopic (exact) mass is 533 g/mol. The lowest BCUT2D eigenvalue weighted by atomic mass is 10.1. The summed E-state index contributed by atoms with van der Waals surface area (Å²) < 4.78 is 26.5. The van der Waals surface area contributed by atoms with Crippen molar-refractivity contribution in [3.05, 3.63) is 92.6 Å². The molecule has 0 aliphatic heterocycles. The third-order valence-electron chi connectivity index (χ3n) is 4.10. The number of rotatable bonds is 7. The van der Waals surface area contributed by atoms with Gasteiger partial charge in [-0.05, 0) is 64.0 Å². The number of methoxy groups -OCH3 is 1. The second-order valence-corrected chi connectivity index (χ2v) is 8.02. The van der Waals surface area contributed by atoms with Crippen molar-refractivity contribution in [3.63, 3.8) is 0 Å². The van der Waals surface area contributed by atoms with Gasteiger partial charge in [0.15, 0.2) is 11.5 Å². The van der Waals surface area contributed by atoms with Crippen molar-refractivity contribution in [3.8, 4) is 11.5 Å². The van der Waals surface area contributed by atoms with Crippen LogP contribution in [0.4, 0.5) is 10.1 Å². The third kappa shape index (κ3) is 5.93. The Morgan fingerprint density at radius 1 is 1.10 bits per heavy atom. The fourth-order valence-electron chi connectivity index (χ4n) is 2.66. The topological polar surface area (TPSA) is 47.6 Å². The molecule has 0 aliphatic carbocycles. The number of nitrogens with one attached hydrogen (secondary N) is 1. The van der Waals surface area contributed by atoms with Crippen LogP contribution in [0.3, 0.4) is 0 Å². The van der Waals surface area contributed by atoms with Crippen LogP contribution in [0.1, 0.15) is 11.1 Å². The van der Waals surface area contributed by atoms with Gasteiger partial charge in [0.1, 0.15) is 12.4 Å². The third-order valence-corrected chi connectivity index (χ3v) is 5.18. The predicted octanol–water partition coefficient (Wildman–Crippen LogP) is 6.59. The molecule has 0 saturated heterocycles. The standard InChI is InChI=1S/C23H18Br2FNO3/c1-29-21-12-15(9-10-22(28)27-18-7-4-6-17(24)13-18)11-19(25)23(21)30-14-16-5-2-3-8-20(16)26/h2-13H,14H2,1H3,(H,27,28)/b10-9+. The summed E-state index contributed by atoms with van der Waals surface area (Å²) in [6.45, 7) is 0.0614. The van der Waals surface area contributed by atoms with Gasteiger partial charge in [0, 0.05) is 21.8 Å². The summed E-state index contributed by atoms with van der Waals surface area (Å²) in [5, 5.41) is 2.79. The van der Waals surface area contributed by atoms with Gasteiger partial charge in [0.2, 0.25) is 5.91 Å². The molecule has 0 fully saturated rings. The van der Waals surface area contributed by atoms with E-state index < -0.39 is 0 Å². The molecule has 0 saturated carbocycles. The number of amides is 1. The van der Waals surface area contributed by atoms with E-state index in [-0.39, 0.29) is 18.3 Å². The number of hydrogen-bond donors (Lipinski definition) is 1. The van der Waals surface area contributed by atoms with Crippen LogP contribution in [0.25, 0.3) is 6.08 Å². The molecule has 0 bridgehead atoms. The van der Waals surface area contributed by atoms with E-state index >= 15 is 0 Å². The largest absolute Gasteiger partial charge is 0.493 e. The van der Waals surface area contributed by atoms with Crippen molar-refractivity contribution < 1.29 is 18.7 Å². The summed E-state index contributed by atoms with van der Waals surface area (Å²) in [7, 11) is 1.52. The van der Waals surface area contributed by atoms with Crippen molar-refractivity contribution in [1.29, 1.82) is 0 Å². The fourth-order valence-corrected chi connectivity index (χ4v) is 3.64. The number of hydrogen-bond acceptors (Lipinski definition) is 3. The average Bonchev–Trinajstić information content (AvgIpc) is 2.72. The quantitative estimate of drug-likeness (QED) is 0.348. The highest BCUT2D eigenvalue weighted by Gasteiger charge is 2.12. The highest BCUT2D eigenvalue weighted by molar-refractivity contribution is 9.10. The van der Waals surface area contributed by atoms with Gasteiger partial charge >= 0.3 is 0 Å². The minimum atomic E-state index is -0.330. The Kier molecular flexibility index (Phi) is 7.65. The van der Waals surface area contributed by atoms with E-state index in [2.05, 4.69) is 37.2 Å². The van der Waals surface area contributed by atoms with Crippen LogP contribution in [-0.2, 0) is 11.4 Å². The van der Waals surface area contributed by atoms with Gasteiger partial charge in [0.25, 0.3) is 0 Å². The van der Waals surface area contributed by atoms with Crippen LogP contribution in [0, 0.1) is 5.82 Å². The van der Waals surface area contributed by atoms with Crippen molar-refractivity contribution in [1.82, 2.24) is 0 Å². The summed E-state index contributed by atoms with van der Waals surface area (Å²) in [6, 6.07) is 17.3. The molecule has 0 radical (unpaired) electrons. The van der Waals surface area contributed by atoms with Gasteiger partial charge in [-0.3, -0.25) is 4.79 Å². The maximum absolute atomic E-state index is 13.8. The first-order valence-electron chi connectivity index (χ1n) is 8.94. The summed E-state index contributed by atoms with van der Waals surface area (Å²) in [6.07, 6.45) is 3.10. The SMILES string of the molecule is COc1cc(/C=C/C(=O)Nc2cccc(Br)c2)cc(Br)c1OCc1ccccc1F. The number of benzene rings is 3. The zero-order chi connectivity index (χ0) is 21.5. The second kappa shape index (κ2) is 10.4. The highest BCUT2D eigenvalue weighted by Crippen LogP contribution is 2.37. The first-order valence-corrected chi connectivity index (χ1v) is 10.5. The molecule has 0 atom stereocenters. The van der Waals surface area contributed by atoms with Crippen LogP contribution in [0.15, 0.2) is 75.7 Å². The molecule has 4 nitrogen and oxygen atoms in total. The molecule has 0 aromatic heterocycles. The molecular formula is C23H18Br2FNO3. The Morgan fingerprint density at radius 2 is 1.90 bits per heavy atom. The normalized spacial score (nSPS) is 10.8. The average molecular weight is 535 g/mol. The Balaban J connectivity index is 1.72. The van der Waals surface area contributed by atoms with Gasteiger partial charge in [-0.15, -0.1) is 0 Å². The number of carbonyl (C=O) groups excluding carboxylic acids is 1. The molecular weight excluding hydrogens is 517 g/mol. The summed E-state index contributed by atoms with van der Waals surface area (Å²) in [4.78, 5) is 12.2. The lowest BCUT2D eigenvalue weighted by molar-refractivity contribution is -0.111. The van der Waals surface area contributed by atoms with Gasteiger partial charge in [-0.2, -0.15) is 0 Å². The van der Waals surface area contributed by atoms with Crippen LogP contribution in [-0.4, -0.2) is 13.0 Å². The first kappa shape index (κ1) is 22.1. The maximum Gasteiger partial charge on any atom is 0.248 e. The Bertz CT molecular complexity index is 1090. The molecule has 0 spiro atoms. The summed E-state index contributed by atoms with van der Waals surface area (Å²) in [5.41, 5.74) is 1.87. The van der Waals surface area contributed by atoms with E-state index in [0.717, 1.165) is 10.0 Å². The Hall–Kier alpha value is -2.64. The molecule has 3 aromatic rings. The minimum absolute atomic E-state index is 0.0614. The van der Waals surface area contributed by atoms with Crippen molar-refractivity contribution in [2.24, 2.45) is 0 Å². The molecule has 1 N–H and O–H groups in total. The van der Waals surface area contributed by atoms with E-state index in [4.69, 9.17) is 9.47 Å². The molecule has 3 rings (SSSR count).